The van der Waals surface area contributed by atoms with Gasteiger partial charge in [-0.1, -0.05) is 18.2 Å². The third-order valence-corrected chi connectivity index (χ3v) is 4.91. The van der Waals surface area contributed by atoms with Crippen LogP contribution in [-0.4, -0.2) is 23.8 Å². The molecule has 22 heavy (non-hydrogen) atoms. The van der Waals surface area contributed by atoms with Crippen LogP contribution in [0.15, 0.2) is 47.4 Å². The Kier molecular flexibility index (Phi) is 3.95. The van der Waals surface area contributed by atoms with Crippen LogP contribution in [0.4, 0.5) is 5.69 Å². The SMILES string of the molecule is CCOc1ccccc1NS(=O)(=O)c1cccc2nsnc12. The van der Waals surface area contributed by atoms with Crippen molar-refractivity contribution >= 4 is 38.5 Å². The van der Waals surface area contributed by atoms with Crippen molar-refractivity contribution in [3.63, 3.8) is 0 Å². The molecule has 0 atom stereocenters. The van der Waals surface area contributed by atoms with Crippen molar-refractivity contribution in [2.45, 2.75) is 11.8 Å². The lowest BCUT2D eigenvalue weighted by atomic mass is 10.3. The minimum atomic E-state index is -3.78. The minimum absolute atomic E-state index is 0.102. The van der Waals surface area contributed by atoms with Gasteiger partial charge in [-0.3, -0.25) is 4.72 Å². The van der Waals surface area contributed by atoms with Crippen molar-refractivity contribution in [1.82, 2.24) is 8.75 Å². The maximum absolute atomic E-state index is 12.6. The molecule has 0 bridgehead atoms. The van der Waals surface area contributed by atoms with Crippen molar-refractivity contribution in [3.8, 4) is 5.75 Å². The topological polar surface area (TPSA) is 81.2 Å². The Morgan fingerprint density at radius 1 is 1.14 bits per heavy atom. The van der Waals surface area contributed by atoms with E-state index in [4.69, 9.17) is 4.74 Å². The van der Waals surface area contributed by atoms with Crippen LogP contribution in [0, 0.1) is 0 Å². The van der Waals surface area contributed by atoms with Crippen molar-refractivity contribution < 1.29 is 13.2 Å². The summed E-state index contributed by atoms with van der Waals surface area (Å²) in [7, 11) is -3.78. The fourth-order valence-corrected chi connectivity index (χ4v) is 3.87. The summed E-state index contributed by atoms with van der Waals surface area (Å²) in [6.07, 6.45) is 0. The zero-order valence-corrected chi connectivity index (χ0v) is 13.3. The highest BCUT2D eigenvalue weighted by Gasteiger charge is 2.21. The van der Waals surface area contributed by atoms with Gasteiger partial charge in [0.05, 0.1) is 24.0 Å². The normalized spacial score (nSPS) is 11.5. The number of aromatic nitrogens is 2. The van der Waals surface area contributed by atoms with Gasteiger partial charge in [0.1, 0.15) is 21.7 Å². The van der Waals surface area contributed by atoms with E-state index >= 15 is 0 Å². The summed E-state index contributed by atoms with van der Waals surface area (Å²) in [4.78, 5) is 0.102. The van der Waals surface area contributed by atoms with E-state index in [2.05, 4.69) is 13.5 Å². The predicted octanol–water partition coefficient (Wildman–Crippen LogP) is 2.89. The molecule has 0 spiro atoms. The monoisotopic (exact) mass is 335 g/mol. The summed E-state index contributed by atoms with van der Waals surface area (Å²) >= 11 is 0.984. The first kappa shape index (κ1) is 14.7. The molecule has 0 saturated heterocycles. The number of fused-ring (bicyclic) bond motifs is 1. The highest BCUT2D eigenvalue weighted by molar-refractivity contribution is 7.93. The highest BCUT2D eigenvalue weighted by Crippen LogP contribution is 2.28. The van der Waals surface area contributed by atoms with Crippen molar-refractivity contribution in [2.75, 3.05) is 11.3 Å². The lowest BCUT2D eigenvalue weighted by Crippen LogP contribution is -2.14. The maximum Gasteiger partial charge on any atom is 0.264 e. The number of rotatable bonds is 5. The Morgan fingerprint density at radius 2 is 1.95 bits per heavy atom. The lowest BCUT2D eigenvalue weighted by Gasteiger charge is -2.12. The van der Waals surface area contributed by atoms with Crippen LogP contribution in [0.1, 0.15) is 6.92 Å². The zero-order chi connectivity index (χ0) is 15.6. The Hall–Kier alpha value is -2.19. The number of anilines is 1. The Balaban J connectivity index is 2.03. The van der Waals surface area contributed by atoms with Gasteiger partial charge in [0.25, 0.3) is 10.0 Å². The van der Waals surface area contributed by atoms with Crippen LogP contribution >= 0.6 is 11.7 Å². The zero-order valence-electron chi connectivity index (χ0n) is 11.7. The molecule has 6 nitrogen and oxygen atoms in total. The molecule has 0 aliphatic heterocycles. The Bertz CT molecular complexity index is 906. The average Bonchev–Trinajstić information content (AvgIpc) is 2.97. The second-order valence-electron chi connectivity index (χ2n) is 4.42. The summed E-state index contributed by atoms with van der Waals surface area (Å²) in [6.45, 7) is 2.29. The standard InChI is InChI=1S/C14H13N3O3S2/c1-2-20-12-8-4-3-6-10(12)17-22(18,19)13-9-5-7-11-14(13)16-21-15-11/h3-9,17H,2H2,1H3. The van der Waals surface area contributed by atoms with Gasteiger partial charge in [-0.15, -0.1) is 0 Å². The second-order valence-corrected chi connectivity index (χ2v) is 6.60. The molecule has 1 aromatic heterocycles. The van der Waals surface area contributed by atoms with Gasteiger partial charge in [0.15, 0.2) is 0 Å². The summed E-state index contributed by atoms with van der Waals surface area (Å²) < 4.78 is 41.4. The third-order valence-electron chi connectivity index (χ3n) is 2.97. The Morgan fingerprint density at radius 3 is 2.77 bits per heavy atom. The van der Waals surface area contributed by atoms with Gasteiger partial charge in [-0.2, -0.15) is 8.75 Å². The first-order chi connectivity index (χ1) is 10.6. The van der Waals surface area contributed by atoms with Crippen LogP contribution in [0.3, 0.4) is 0 Å². The fourth-order valence-electron chi connectivity index (χ4n) is 2.03. The Labute approximate surface area is 132 Å². The van der Waals surface area contributed by atoms with E-state index in [-0.39, 0.29) is 4.90 Å². The summed E-state index contributed by atoms with van der Waals surface area (Å²) in [5.74, 6) is 0.483. The number of sulfonamides is 1. The van der Waals surface area contributed by atoms with Gasteiger partial charge < -0.3 is 4.74 Å². The molecule has 3 rings (SSSR count). The summed E-state index contributed by atoms with van der Waals surface area (Å²) in [6, 6.07) is 11.8. The largest absolute Gasteiger partial charge is 0.492 e. The van der Waals surface area contributed by atoms with Gasteiger partial charge in [0.2, 0.25) is 0 Å². The van der Waals surface area contributed by atoms with Crippen LogP contribution in [0.25, 0.3) is 11.0 Å². The second kappa shape index (κ2) is 5.90. The number of hydrogen-bond acceptors (Lipinski definition) is 6. The maximum atomic E-state index is 12.6. The van der Waals surface area contributed by atoms with Gasteiger partial charge in [0, 0.05) is 0 Å². The molecule has 0 saturated carbocycles. The molecule has 1 N–H and O–H groups in total. The van der Waals surface area contributed by atoms with E-state index in [1.165, 1.54) is 6.07 Å². The van der Waals surface area contributed by atoms with E-state index in [9.17, 15) is 8.42 Å². The van der Waals surface area contributed by atoms with E-state index in [1.54, 1.807) is 36.4 Å². The number of ether oxygens (including phenoxy) is 1. The summed E-state index contributed by atoms with van der Waals surface area (Å²) in [5, 5.41) is 0. The molecule has 0 aliphatic carbocycles. The van der Waals surface area contributed by atoms with Crippen molar-refractivity contribution in [3.05, 3.63) is 42.5 Å². The van der Waals surface area contributed by atoms with Gasteiger partial charge >= 0.3 is 0 Å². The summed E-state index contributed by atoms with van der Waals surface area (Å²) in [5.41, 5.74) is 1.32. The molecular weight excluding hydrogens is 322 g/mol. The van der Waals surface area contributed by atoms with Gasteiger partial charge in [-0.25, -0.2) is 8.42 Å². The molecule has 0 radical (unpaired) electrons. The van der Waals surface area contributed by atoms with Crippen LogP contribution in [0.2, 0.25) is 0 Å². The van der Waals surface area contributed by atoms with Crippen LogP contribution in [-0.2, 0) is 10.0 Å². The van der Waals surface area contributed by atoms with Crippen LogP contribution in [0.5, 0.6) is 5.75 Å². The highest BCUT2D eigenvalue weighted by atomic mass is 32.2. The predicted molar refractivity (Wildman–Crippen MR) is 85.8 cm³/mol. The number of nitrogens with one attached hydrogen (secondary N) is 1. The number of hydrogen-bond donors (Lipinski definition) is 1. The smallest absolute Gasteiger partial charge is 0.264 e. The van der Waals surface area contributed by atoms with E-state index in [0.717, 1.165) is 11.7 Å². The van der Waals surface area contributed by atoms with Crippen LogP contribution < -0.4 is 9.46 Å². The van der Waals surface area contributed by atoms with Crippen molar-refractivity contribution in [1.29, 1.82) is 0 Å². The molecule has 0 aliphatic rings. The van der Waals surface area contributed by atoms with E-state index in [1.807, 2.05) is 6.92 Å². The molecular formula is C14H13N3O3S2. The molecule has 8 heteroatoms. The minimum Gasteiger partial charge on any atom is -0.492 e. The molecule has 114 valence electrons. The molecule has 0 amide bonds. The van der Waals surface area contributed by atoms with E-state index in [0.29, 0.717) is 29.1 Å². The molecule has 2 aromatic carbocycles. The first-order valence-corrected chi connectivity index (χ1v) is 8.79. The number of para-hydroxylation sites is 2. The average molecular weight is 335 g/mol. The first-order valence-electron chi connectivity index (χ1n) is 6.58. The quantitative estimate of drug-likeness (QED) is 0.775. The molecule has 3 aromatic rings. The fraction of sp³-hybridized carbons (Fsp3) is 0.143. The van der Waals surface area contributed by atoms with Gasteiger partial charge in [-0.05, 0) is 31.2 Å². The van der Waals surface area contributed by atoms with E-state index < -0.39 is 10.0 Å². The number of benzene rings is 2. The molecule has 1 heterocycles. The molecule has 0 unspecified atom stereocenters. The lowest BCUT2D eigenvalue weighted by molar-refractivity contribution is 0.342. The van der Waals surface area contributed by atoms with Crippen molar-refractivity contribution in [2.24, 2.45) is 0 Å². The number of nitrogens with zero attached hydrogens (tertiary/aromatic N) is 2. The third kappa shape index (κ3) is 2.75. The molecule has 0 fully saturated rings.